The monoisotopic (exact) mass is 277 g/mol. The quantitative estimate of drug-likeness (QED) is 0.620. The van der Waals surface area contributed by atoms with E-state index >= 15 is 0 Å². The van der Waals surface area contributed by atoms with Crippen molar-refractivity contribution in [2.75, 3.05) is 27.2 Å². The number of carbonyl (C=O) groups is 1. The van der Waals surface area contributed by atoms with Crippen molar-refractivity contribution in [1.29, 1.82) is 0 Å². The lowest BCUT2D eigenvalue weighted by atomic mass is 10.1. The Labute approximate surface area is 117 Å². The summed E-state index contributed by atoms with van der Waals surface area (Å²) in [6.07, 6.45) is 0.864. The first-order chi connectivity index (χ1) is 9.09. The van der Waals surface area contributed by atoms with E-state index in [1.165, 1.54) is 11.3 Å². The van der Waals surface area contributed by atoms with Crippen molar-refractivity contribution in [2.45, 2.75) is 13.3 Å². The third kappa shape index (κ3) is 3.33. The summed E-state index contributed by atoms with van der Waals surface area (Å²) in [5.74, 6) is -0.197. The van der Waals surface area contributed by atoms with Crippen LogP contribution in [0.4, 0.5) is 0 Å². The molecule has 0 amide bonds. The van der Waals surface area contributed by atoms with Crippen LogP contribution in [0.1, 0.15) is 21.7 Å². The van der Waals surface area contributed by atoms with E-state index in [9.17, 15) is 4.79 Å². The molecule has 4 heteroatoms. The first-order valence-electron chi connectivity index (χ1n) is 6.39. The summed E-state index contributed by atoms with van der Waals surface area (Å²) < 4.78 is 6.47. The second kappa shape index (κ2) is 6.17. The van der Waals surface area contributed by atoms with Gasteiger partial charge in [-0.25, -0.2) is 4.79 Å². The van der Waals surface area contributed by atoms with Crippen LogP contribution in [-0.2, 0) is 4.74 Å². The third-order valence-electron chi connectivity index (χ3n) is 3.01. The molecule has 19 heavy (non-hydrogen) atoms. The van der Waals surface area contributed by atoms with E-state index in [-0.39, 0.29) is 5.97 Å². The van der Waals surface area contributed by atoms with Crippen LogP contribution in [0.15, 0.2) is 24.3 Å². The Morgan fingerprint density at radius 1 is 1.32 bits per heavy atom. The number of hydrogen-bond acceptors (Lipinski definition) is 4. The number of rotatable bonds is 5. The highest BCUT2D eigenvalue weighted by molar-refractivity contribution is 7.21. The van der Waals surface area contributed by atoms with Crippen molar-refractivity contribution in [3.05, 3.63) is 34.7 Å². The molecule has 3 nitrogen and oxygen atoms in total. The van der Waals surface area contributed by atoms with Crippen LogP contribution in [0.2, 0.25) is 0 Å². The van der Waals surface area contributed by atoms with Crippen molar-refractivity contribution >= 4 is 27.4 Å². The number of nitrogens with zero attached hydrogens (tertiary/aromatic N) is 1. The summed E-state index contributed by atoms with van der Waals surface area (Å²) in [6, 6.07) is 8.07. The molecule has 0 aliphatic carbocycles. The highest BCUT2D eigenvalue weighted by Crippen LogP contribution is 2.30. The molecular weight excluding hydrogens is 258 g/mol. The normalized spacial score (nSPS) is 11.2. The average Bonchev–Trinajstić information content (AvgIpc) is 2.72. The number of thiophene rings is 1. The molecule has 2 aromatic rings. The summed E-state index contributed by atoms with van der Waals surface area (Å²) >= 11 is 1.51. The largest absolute Gasteiger partial charge is 0.461 e. The van der Waals surface area contributed by atoms with Gasteiger partial charge in [0.1, 0.15) is 4.88 Å². The van der Waals surface area contributed by atoms with E-state index in [1.54, 1.807) is 0 Å². The minimum Gasteiger partial charge on any atom is -0.461 e. The molecule has 0 saturated carbocycles. The summed E-state index contributed by atoms with van der Waals surface area (Å²) in [6.45, 7) is 3.39. The second-order valence-electron chi connectivity index (χ2n) is 4.85. The second-order valence-corrected chi connectivity index (χ2v) is 5.90. The number of fused-ring (bicyclic) bond motifs is 1. The van der Waals surface area contributed by atoms with Crippen LogP contribution in [0, 0.1) is 6.92 Å². The predicted octanol–water partition coefficient (Wildman–Crippen LogP) is 3.32. The maximum Gasteiger partial charge on any atom is 0.348 e. The third-order valence-corrected chi connectivity index (χ3v) is 4.26. The van der Waals surface area contributed by atoms with E-state index in [0.717, 1.165) is 33.5 Å². The Balaban J connectivity index is 2.03. The Hall–Kier alpha value is -1.39. The molecule has 0 N–H and O–H groups in total. The fraction of sp³-hybridized carbons (Fsp3) is 0.400. The van der Waals surface area contributed by atoms with E-state index in [1.807, 2.05) is 45.3 Å². The molecule has 0 radical (unpaired) electrons. The molecule has 0 fully saturated rings. The minimum absolute atomic E-state index is 0.197. The molecule has 1 aromatic heterocycles. The zero-order valence-electron chi connectivity index (χ0n) is 11.6. The van der Waals surface area contributed by atoms with Crippen molar-refractivity contribution in [3.63, 3.8) is 0 Å². The maximum absolute atomic E-state index is 12.1. The van der Waals surface area contributed by atoms with Gasteiger partial charge in [-0.1, -0.05) is 18.2 Å². The predicted molar refractivity (Wildman–Crippen MR) is 80.0 cm³/mol. The Bertz CT molecular complexity index is 575. The molecule has 0 unspecified atom stereocenters. The molecule has 0 aliphatic rings. The minimum atomic E-state index is -0.197. The Morgan fingerprint density at radius 2 is 2.05 bits per heavy atom. The van der Waals surface area contributed by atoms with Crippen molar-refractivity contribution in [1.82, 2.24) is 4.90 Å². The lowest BCUT2D eigenvalue weighted by molar-refractivity contribution is 0.0498. The highest BCUT2D eigenvalue weighted by Gasteiger charge is 2.16. The molecule has 2 rings (SSSR count). The highest BCUT2D eigenvalue weighted by atomic mass is 32.1. The average molecular weight is 277 g/mol. The lowest BCUT2D eigenvalue weighted by Gasteiger charge is -2.09. The van der Waals surface area contributed by atoms with Gasteiger partial charge < -0.3 is 9.64 Å². The Kier molecular flexibility index (Phi) is 4.56. The summed E-state index contributed by atoms with van der Waals surface area (Å²) in [4.78, 5) is 14.9. The smallest absolute Gasteiger partial charge is 0.348 e. The molecule has 1 aromatic carbocycles. The van der Waals surface area contributed by atoms with Gasteiger partial charge in [0.25, 0.3) is 0 Å². The molecular formula is C15H19NO2S. The summed E-state index contributed by atoms with van der Waals surface area (Å²) in [5.41, 5.74) is 1.03. The molecule has 0 atom stereocenters. The Morgan fingerprint density at radius 3 is 2.74 bits per heavy atom. The van der Waals surface area contributed by atoms with Gasteiger partial charge in [-0.3, -0.25) is 0 Å². The zero-order valence-corrected chi connectivity index (χ0v) is 12.4. The zero-order chi connectivity index (χ0) is 13.8. The van der Waals surface area contributed by atoms with Gasteiger partial charge in [0.15, 0.2) is 0 Å². The maximum atomic E-state index is 12.1. The number of hydrogen-bond donors (Lipinski definition) is 0. The molecule has 0 spiro atoms. The number of carbonyl (C=O) groups excluding carboxylic acids is 1. The molecule has 102 valence electrons. The van der Waals surface area contributed by atoms with Crippen LogP contribution in [0.25, 0.3) is 10.1 Å². The molecule has 0 saturated heterocycles. The molecule has 0 bridgehead atoms. The van der Waals surface area contributed by atoms with E-state index < -0.39 is 0 Å². The van der Waals surface area contributed by atoms with Gasteiger partial charge in [0, 0.05) is 11.2 Å². The first-order valence-corrected chi connectivity index (χ1v) is 7.21. The number of esters is 1. The number of ether oxygens (including phenoxy) is 1. The standard InChI is InChI=1S/C15H19NO2S/c1-11-12-7-4-5-8-13(12)19-14(11)15(17)18-10-6-9-16(2)3/h4-5,7-8H,6,9-10H2,1-3H3. The molecule has 1 heterocycles. The van der Waals surface area contributed by atoms with E-state index in [2.05, 4.69) is 4.90 Å². The molecule has 0 aliphatic heterocycles. The van der Waals surface area contributed by atoms with Crippen LogP contribution in [-0.4, -0.2) is 38.1 Å². The number of aryl methyl sites for hydroxylation is 1. The van der Waals surface area contributed by atoms with Gasteiger partial charge in [-0.2, -0.15) is 0 Å². The topological polar surface area (TPSA) is 29.5 Å². The summed E-state index contributed by atoms with van der Waals surface area (Å²) in [5, 5.41) is 1.15. The SMILES string of the molecule is Cc1c(C(=O)OCCCN(C)C)sc2ccccc12. The van der Waals surface area contributed by atoms with Gasteiger partial charge in [-0.15, -0.1) is 11.3 Å². The van der Waals surface area contributed by atoms with Crippen molar-refractivity contribution in [3.8, 4) is 0 Å². The van der Waals surface area contributed by atoms with Gasteiger partial charge >= 0.3 is 5.97 Å². The van der Waals surface area contributed by atoms with Crippen LogP contribution in [0.3, 0.4) is 0 Å². The van der Waals surface area contributed by atoms with Crippen LogP contribution in [0.5, 0.6) is 0 Å². The fourth-order valence-corrected chi connectivity index (χ4v) is 3.08. The van der Waals surface area contributed by atoms with E-state index in [0.29, 0.717) is 6.61 Å². The van der Waals surface area contributed by atoms with Gasteiger partial charge in [0.05, 0.1) is 6.61 Å². The van der Waals surface area contributed by atoms with Crippen LogP contribution >= 0.6 is 11.3 Å². The van der Waals surface area contributed by atoms with Crippen LogP contribution < -0.4 is 0 Å². The first kappa shape index (κ1) is 14.0. The van der Waals surface area contributed by atoms with Gasteiger partial charge in [0.2, 0.25) is 0 Å². The van der Waals surface area contributed by atoms with Crippen molar-refractivity contribution < 1.29 is 9.53 Å². The lowest BCUT2D eigenvalue weighted by Crippen LogP contribution is -2.16. The number of benzene rings is 1. The fourth-order valence-electron chi connectivity index (χ4n) is 1.98. The van der Waals surface area contributed by atoms with Gasteiger partial charge in [-0.05, 0) is 44.5 Å². The summed E-state index contributed by atoms with van der Waals surface area (Å²) in [7, 11) is 4.02. The van der Waals surface area contributed by atoms with Crippen molar-refractivity contribution in [2.24, 2.45) is 0 Å². The van der Waals surface area contributed by atoms with E-state index in [4.69, 9.17) is 4.74 Å².